The Morgan fingerprint density at radius 2 is 1.85 bits per heavy atom. The number of hydrogen-bond donors (Lipinski definition) is 5. The van der Waals surface area contributed by atoms with Crippen LogP contribution in [0.1, 0.15) is 28.8 Å². The lowest BCUT2D eigenvalue weighted by Crippen LogP contribution is -2.24. The average Bonchev–Trinajstić information content (AvgIpc) is 3.39. The smallest absolute Gasteiger partial charge is 0.323 e. The summed E-state index contributed by atoms with van der Waals surface area (Å²) in [5, 5.41) is 16.5. The van der Waals surface area contributed by atoms with Crippen LogP contribution in [0.2, 0.25) is 0 Å². The third kappa shape index (κ3) is 7.65. The van der Waals surface area contributed by atoms with Crippen LogP contribution in [0.4, 0.5) is 20.6 Å². The highest BCUT2D eigenvalue weighted by Crippen LogP contribution is 2.28. The average molecular weight is 532 g/mol. The molecule has 4 rings (SSSR count). The number of aromatic amines is 1. The molecule has 4 aromatic rings. The summed E-state index contributed by atoms with van der Waals surface area (Å²) in [7, 11) is 0. The second kappa shape index (κ2) is 12.4. The lowest BCUT2D eigenvalue weighted by atomic mass is 10.2. The van der Waals surface area contributed by atoms with E-state index in [0.29, 0.717) is 34.8 Å². The number of carbonyl (C=O) groups is 3. The topological polar surface area (TPSA) is 145 Å². The van der Waals surface area contributed by atoms with E-state index >= 15 is 0 Å². The summed E-state index contributed by atoms with van der Waals surface area (Å²) in [4.78, 5) is 42.4. The third-order valence-corrected chi connectivity index (χ3v) is 5.51. The van der Waals surface area contributed by atoms with Crippen molar-refractivity contribution in [2.24, 2.45) is 0 Å². The SMILES string of the molecule is Cc1cccc(NC(=O)Nc2ccc(Oc3ccnc(-c4cc(C(=O)NCCCC(=O)O)c[nH]4)c3)cc2F)c1. The van der Waals surface area contributed by atoms with Crippen molar-refractivity contribution in [2.45, 2.75) is 19.8 Å². The monoisotopic (exact) mass is 531 g/mol. The van der Waals surface area contributed by atoms with Gasteiger partial charge in [0, 0.05) is 43.2 Å². The van der Waals surface area contributed by atoms with Crippen LogP contribution in [0.3, 0.4) is 0 Å². The Kier molecular flexibility index (Phi) is 8.52. The van der Waals surface area contributed by atoms with Gasteiger partial charge >= 0.3 is 12.0 Å². The number of nitrogens with one attached hydrogen (secondary N) is 4. The summed E-state index contributed by atoms with van der Waals surface area (Å²) in [6.45, 7) is 2.14. The lowest BCUT2D eigenvalue weighted by Gasteiger charge is -2.11. The molecule has 0 saturated carbocycles. The predicted molar refractivity (Wildman–Crippen MR) is 144 cm³/mol. The number of urea groups is 1. The number of anilines is 2. The molecule has 0 aliphatic heterocycles. The first-order valence-electron chi connectivity index (χ1n) is 12.0. The summed E-state index contributed by atoms with van der Waals surface area (Å²) in [5.41, 5.74) is 2.97. The number of carboxylic acid groups (broad SMARTS) is 1. The van der Waals surface area contributed by atoms with E-state index in [1.807, 2.05) is 13.0 Å². The van der Waals surface area contributed by atoms with Gasteiger partial charge in [-0.3, -0.25) is 14.6 Å². The van der Waals surface area contributed by atoms with Gasteiger partial charge in [-0.2, -0.15) is 0 Å². The molecule has 0 aliphatic rings. The molecule has 5 N–H and O–H groups in total. The number of rotatable bonds is 10. The van der Waals surface area contributed by atoms with Gasteiger partial charge in [-0.05, 0) is 55.3 Å². The number of aryl methyl sites for hydroxylation is 1. The molecule has 0 unspecified atom stereocenters. The Hall–Kier alpha value is -5.19. The van der Waals surface area contributed by atoms with Crippen molar-refractivity contribution in [1.82, 2.24) is 15.3 Å². The molecular weight excluding hydrogens is 505 g/mol. The maximum atomic E-state index is 14.7. The molecule has 0 bridgehead atoms. The highest BCUT2D eigenvalue weighted by molar-refractivity contribution is 6.00. The maximum Gasteiger partial charge on any atom is 0.323 e. The second-order valence-electron chi connectivity index (χ2n) is 8.62. The molecule has 0 fully saturated rings. The normalized spacial score (nSPS) is 10.5. The molecule has 10 nitrogen and oxygen atoms in total. The van der Waals surface area contributed by atoms with Crippen molar-refractivity contribution in [3.05, 3.63) is 90.0 Å². The van der Waals surface area contributed by atoms with Crippen molar-refractivity contribution >= 4 is 29.3 Å². The van der Waals surface area contributed by atoms with Gasteiger partial charge in [0.05, 0.1) is 22.6 Å². The zero-order chi connectivity index (χ0) is 27.8. The molecule has 2 heterocycles. The number of nitrogens with zero attached hydrogens (tertiary/aromatic N) is 1. The Bertz CT molecular complexity index is 1500. The molecule has 0 aliphatic carbocycles. The summed E-state index contributed by atoms with van der Waals surface area (Å²) < 4.78 is 20.5. The van der Waals surface area contributed by atoms with Gasteiger partial charge in [0.15, 0.2) is 0 Å². The zero-order valence-electron chi connectivity index (χ0n) is 21.0. The lowest BCUT2D eigenvalue weighted by molar-refractivity contribution is -0.137. The molecule has 11 heteroatoms. The van der Waals surface area contributed by atoms with Crippen LogP contribution in [0.15, 0.2) is 73.1 Å². The van der Waals surface area contributed by atoms with E-state index in [1.54, 1.807) is 36.4 Å². The number of amides is 3. The Morgan fingerprint density at radius 1 is 1.03 bits per heavy atom. The molecule has 0 radical (unpaired) electrons. The Morgan fingerprint density at radius 3 is 2.62 bits per heavy atom. The maximum absolute atomic E-state index is 14.7. The number of ether oxygens (including phenoxy) is 1. The van der Waals surface area contributed by atoms with E-state index in [9.17, 15) is 18.8 Å². The quantitative estimate of drug-likeness (QED) is 0.170. The molecule has 200 valence electrons. The van der Waals surface area contributed by atoms with Crippen LogP contribution in [0, 0.1) is 12.7 Å². The van der Waals surface area contributed by atoms with Crippen LogP contribution >= 0.6 is 0 Å². The van der Waals surface area contributed by atoms with Gasteiger partial charge in [0.1, 0.15) is 17.3 Å². The largest absolute Gasteiger partial charge is 0.481 e. The van der Waals surface area contributed by atoms with Gasteiger partial charge in [0.2, 0.25) is 0 Å². The van der Waals surface area contributed by atoms with E-state index in [4.69, 9.17) is 9.84 Å². The number of aromatic nitrogens is 2. The van der Waals surface area contributed by atoms with Gasteiger partial charge in [0.25, 0.3) is 5.91 Å². The summed E-state index contributed by atoms with van der Waals surface area (Å²) in [5.74, 6) is -1.34. The molecule has 0 atom stereocenters. The minimum Gasteiger partial charge on any atom is -0.481 e. The number of hydrogen-bond acceptors (Lipinski definition) is 5. The van der Waals surface area contributed by atoms with Gasteiger partial charge in [-0.1, -0.05) is 12.1 Å². The van der Waals surface area contributed by atoms with Crippen molar-refractivity contribution in [3.8, 4) is 22.9 Å². The highest BCUT2D eigenvalue weighted by Gasteiger charge is 2.13. The highest BCUT2D eigenvalue weighted by atomic mass is 19.1. The molecule has 39 heavy (non-hydrogen) atoms. The number of carboxylic acids is 1. The number of aliphatic carboxylic acids is 1. The number of benzene rings is 2. The molecular formula is C28H26FN5O5. The third-order valence-electron chi connectivity index (χ3n) is 5.51. The van der Waals surface area contributed by atoms with Crippen LogP contribution < -0.4 is 20.7 Å². The number of halogens is 1. The van der Waals surface area contributed by atoms with Crippen LogP contribution in [0.25, 0.3) is 11.4 Å². The summed E-state index contributed by atoms with van der Waals surface area (Å²) in [6, 6.07) is 15.6. The van der Waals surface area contributed by atoms with Crippen molar-refractivity contribution in [2.75, 3.05) is 17.2 Å². The molecule has 0 saturated heterocycles. The summed E-state index contributed by atoms with van der Waals surface area (Å²) in [6.07, 6.45) is 3.34. The van der Waals surface area contributed by atoms with Crippen molar-refractivity contribution < 1.29 is 28.6 Å². The van der Waals surface area contributed by atoms with Gasteiger partial charge in [-0.15, -0.1) is 0 Å². The van der Waals surface area contributed by atoms with E-state index in [2.05, 4.69) is 25.9 Å². The molecule has 2 aromatic heterocycles. The zero-order valence-corrected chi connectivity index (χ0v) is 21.0. The van der Waals surface area contributed by atoms with E-state index < -0.39 is 17.8 Å². The van der Waals surface area contributed by atoms with Crippen LogP contribution in [0.5, 0.6) is 11.5 Å². The first-order chi connectivity index (χ1) is 18.8. The van der Waals surface area contributed by atoms with Crippen molar-refractivity contribution in [3.63, 3.8) is 0 Å². The number of H-pyrrole nitrogens is 1. The summed E-state index contributed by atoms with van der Waals surface area (Å²) >= 11 is 0. The molecule has 3 amide bonds. The minimum atomic E-state index is -0.919. The van der Waals surface area contributed by atoms with E-state index in [-0.39, 0.29) is 30.3 Å². The van der Waals surface area contributed by atoms with Crippen LogP contribution in [-0.4, -0.2) is 39.5 Å². The number of pyridine rings is 1. The van der Waals surface area contributed by atoms with Crippen LogP contribution in [-0.2, 0) is 4.79 Å². The molecule has 0 spiro atoms. The van der Waals surface area contributed by atoms with Gasteiger partial charge in [-0.25, -0.2) is 9.18 Å². The fraction of sp³-hybridized carbons (Fsp3) is 0.143. The first-order valence-corrected chi connectivity index (χ1v) is 12.0. The first kappa shape index (κ1) is 26.9. The minimum absolute atomic E-state index is 0.0110. The molecule has 2 aromatic carbocycles. The fourth-order valence-electron chi connectivity index (χ4n) is 3.64. The Balaban J connectivity index is 1.36. The fourth-order valence-corrected chi connectivity index (χ4v) is 3.64. The predicted octanol–water partition coefficient (Wildman–Crippen LogP) is 5.56. The second-order valence-corrected chi connectivity index (χ2v) is 8.62. The van der Waals surface area contributed by atoms with Crippen molar-refractivity contribution in [1.29, 1.82) is 0 Å². The van der Waals surface area contributed by atoms with E-state index in [0.717, 1.165) is 11.6 Å². The standard InChI is InChI=1S/C28H26FN5O5/c1-17-4-2-5-19(12-17)33-28(38)34-23-8-7-20(14-22(23)29)39-21-9-11-30-25(15-21)24-13-18(16-32-24)27(37)31-10-3-6-26(35)36/h2,4-5,7-9,11-16,32H,3,6,10H2,1H3,(H,31,37)(H,35,36)(H2,33,34,38). The van der Waals surface area contributed by atoms with E-state index in [1.165, 1.54) is 24.5 Å². The Labute approximate surface area is 223 Å². The van der Waals surface area contributed by atoms with Gasteiger partial charge < -0.3 is 30.8 Å². The number of carbonyl (C=O) groups excluding carboxylic acids is 2.